The molecule has 2 aromatic carbocycles. The smallest absolute Gasteiger partial charge is 0.305 e. The van der Waals surface area contributed by atoms with Gasteiger partial charge in [-0.05, 0) is 37.1 Å². The lowest BCUT2D eigenvalue weighted by atomic mass is 10.1. The highest BCUT2D eigenvalue weighted by Gasteiger charge is 2.19. The van der Waals surface area contributed by atoms with Gasteiger partial charge in [0.15, 0.2) is 35.2 Å². The van der Waals surface area contributed by atoms with Gasteiger partial charge in [-0.2, -0.15) is 0 Å². The van der Waals surface area contributed by atoms with Crippen molar-refractivity contribution >= 4 is 11.9 Å². The summed E-state index contributed by atoms with van der Waals surface area (Å²) < 4.78 is 68.5. The maximum Gasteiger partial charge on any atom is 0.305 e. The van der Waals surface area contributed by atoms with E-state index in [1.165, 1.54) is 0 Å². The van der Waals surface area contributed by atoms with Crippen LogP contribution in [0.2, 0.25) is 0 Å². The number of fused-ring (bicyclic) bond motifs is 2. The van der Waals surface area contributed by atoms with E-state index in [1.807, 2.05) is 36.4 Å². The highest BCUT2D eigenvalue weighted by Crippen LogP contribution is 2.29. The second-order valence-corrected chi connectivity index (χ2v) is 11.6. The molecular weight excluding hydrogens is 668 g/mol. The summed E-state index contributed by atoms with van der Waals surface area (Å²) in [5, 5.41) is 0. The average molecular weight is 721 g/mol. The Bertz CT molecular complexity index is 1150. The Morgan fingerprint density at radius 3 is 1.24 bits per heavy atom. The molecule has 2 atom stereocenters. The summed E-state index contributed by atoms with van der Waals surface area (Å²) in [6.07, 6.45) is 1.10. The van der Waals surface area contributed by atoms with Gasteiger partial charge in [-0.1, -0.05) is 30.7 Å². The molecule has 0 saturated heterocycles. The van der Waals surface area contributed by atoms with Crippen LogP contribution in [0, 0.1) is 0 Å². The van der Waals surface area contributed by atoms with Crippen molar-refractivity contribution in [2.45, 2.75) is 44.3 Å². The maximum atomic E-state index is 12.6. The van der Waals surface area contributed by atoms with Crippen LogP contribution in [0.5, 0.6) is 23.0 Å². The minimum atomic E-state index is -0.549. The number of carbonyl (C=O) groups is 2. The van der Waals surface area contributed by atoms with Gasteiger partial charge in [0, 0.05) is 12.8 Å². The molecule has 4 rings (SSSR count). The van der Waals surface area contributed by atoms with Crippen molar-refractivity contribution in [3.05, 3.63) is 48.5 Å². The SMILES string of the molecule is O=C(CCCCCC(=O)OCC1COCCOCCOCCOc2ccccc2O1)OCC1COCCOCCOCCOc2ccccc2O1. The first kappa shape index (κ1) is 40.1. The van der Waals surface area contributed by atoms with E-state index in [-0.39, 0.29) is 51.2 Å². The summed E-state index contributed by atoms with van der Waals surface area (Å²) in [5.74, 6) is 1.47. The number of hydrogen-bond donors (Lipinski definition) is 0. The molecule has 2 aliphatic rings. The molecule has 2 aromatic rings. The largest absolute Gasteiger partial charge is 0.487 e. The molecule has 0 bridgehead atoms. The lowest BCUT2D eigenvalue weighted by Gasteiger charge is -2.21. The van der Waals surface area contributed by atoms with Crippen LogP contribution in [0.3, 0.4) is 0 Å². The molecule has 51 heavy (non-hydrogen) atoms. The molecule has 0 N–H and O–H groups in total. The Morgan fingerprint density at radius 2 is 0.824 bits per heavy atom. The molecule has 14 heteroatoms. The van der Waals surface area contributed by atoms with Gasteiger partial charge in [0.05, 0.1) is 79.3 Å². The molecule has 14 nitrogen and oxygen atoms in total. The van der Waals surface area contributed by atoms with Crippen LogP contribution in [-0.2, 0) is 47.5 Å². The lowest BCUT2D eigenvalue weighted by molar-refractivity contribution is -0.147. The molecule has 0 radical (unpaired) electrons. The van der Waals surface area contributed by atoms with Crippen LogP contribution >= 0.6 is 0 Å². The number of carbonyl (C=O) groups excluding carboxylic acids is 2. The molecule has 0 saturated carbocycles. The van der Waals surface area contributed by atoms with Crippen molar-refractivity contribution in [1.29, 1.82) is 0 Å². The number of rotatable bonds is 10. The topological polar surface area (TPSA) is 145 Å². The highest BCUT2D eigenvalue weighted by atomic mass is 16.6. The van der Waals surface area contributed by atoms with Crippen LogP contribution < -0.4 is 18.9 Å². The van der Waals surface area contributed by atoms with Crippen molar-refractivity contribution < 1.29 is 66.4 Å². The van der Waals surface area contributed by atoms with E-state index in [2.05, 4.69) is 0 Å². The third kappa shape index (κ3) is 17.4. The zero-order valence-corrected chi connectivity index (χ0v) is 29.3. The molecule has 2 aliphatic heterocycles. The van der Waals surface area contributed by atoms with Gasteiger partial charge in [-0.3, -0.25) is 9.59 Å². The number of para-hydroxylation sites is 4. The van der Waals surface area contributed by atoms with Gasteiger partial charge in [0.2, 0.25) is 0 Å². The van der Waals surface area contributed by atoms with Crippen molar-refractivity contribution in [3.63, 3.8) is 0 Å². The number of esters is 2. The fourth-order valence-corrected chi connectivity index (χ4v) is 4.89. The van der Waals surface area contributed by atoms with Crippen molar-refractivity contribution in [2.24, 2.45) is 0 Å². The van der Waals surface area contributed by atoms with E-state index in [4.69, 9.17) is 56.8 Å². The third-order valence-corrected chi connectivity index (χ3v) is 7.47. The van der Waals surface area contributed by atoms with Gasteiger partial charge in [0.1, 0.15) is 26.4 Å². The molecule has 284 valence electrons. The van der Waals surface area contributed by atoms with Crippen LogP contribution in [-0.4, -0.2) is 130 Å². The molecule has 0 amide bonds. The third-order valence-electron chi connectivity index (χ3n) is 7.47. The molecule has 0 aliphatic carbocycles. The van der Waals surface area contributed by atoms with E-state index >= 15 is 0 Å². The van der Waals surface area contributed by atoms with E-state index in [0.717, 1.165) is 0 Å². The van der Waals surface area contributed by atoms with E-state index in [1.54, 1.807) is 12.1 Å². The monoisotopic (exact) mass is 720 g/mol. The van der Waals surface area contributed by atoms with E-state index in [9.17, 15) is 9.59 Å². The average Bonchev–Trinajstić information content (AvgIpc) is 3.15. The fraction of sp³-hybridized carbons (Fsp3) is 0.622. The van der Waals surface area contributed by atoms with Crippen LogP contribution in [0.25, 0.3) is 0 Å². The van der Waals surface area contributed by atoms with E-state index in [0.29, 0.717) is 122 Å². The quantitative estimate of drug-likeness (QED) is 0.259. The Kier molecular flexibility index (Phi) is 19.9. The molecule has 0 fully saturated rings. The maximum absolute atomic E-state index is 12.6. The number of hydrogen-bond acceptors (Lipinski definition) is 14. The zero-order valence-electron chi connectivity index (χ0n) is 29.3. The van der Waals surface area contributed by atoms with Gasteiger partial charge in [-0.15, -0.1) is 0 Å². The number of ether oxygens (including phenoxy) is 12. The summed E-state index contributed by atoms with van der Waals surface area (Å²) in [5.41, 5.74) is 0. The minimum absolute atomic E-state index is 0.00839. The molecule has 2 heterocycles. The van der Waals surface area contributed by atoms with Gasteiger partial charge >= 0.3 is 11.9 Å². The van der Waals surface area contributed by atoms with Gasteiger partial charge < -0.3 is 56.8 Å². The first-order valence-electron chi connectivity index (χ1n) is 17.7. The first-order valence-corrected chi connectivity index (χ1v) is 17.7. The van der Waals surface area contributed by atoms with Gasteiger partial charge in [-0.25, -0.2) is 0 Å². The summed E-state index contributed by atoms with van der Waals surface area (Å²) in [7, 11) is 0. The van der Waals surface area contributed by atoms with Crippen LogP contribution in [0.15, 0.2) is 48.5 Å². The highest BCUT2D eigenvalue weighted by molar-refractivity contribution is 5.70. The van der Waals surface area contributed by atoms with Crippen molar-refractivity contribution in [3.8, 4) is 23.0 Å². The predicted octanol–water partition coefficient (Wildman–Crippen LogP) is 3.80. The zero-order chi connectivity index (χ0) is 35.6. The molecule has 2 unspecified atom stereocenters. The lowest BCUT2D eigenvalue weighted by Crippen LogP contribution is -2.31. The van der Waals surface area contributed by atoms with Gasteiger partial charge in [0.25, 0.3) is 0 Å². The fourth-order valence-electron chi connectivity index (χ4n) is 4.89. The van der Waals surface area contributed by atoms with Crippen molar-refractivity contribution in [2.75, 3.05) is 106 Å². The van der Waals surface area contributed by atoms with Crippen LogP contribution in [0.4, 0.5) is 0 Å². The normalized spacial score (nSPS) is 20.3. The predicted molar refractivity (Wildman–Crippen MR) is 183 cm³/mol. The Labute approximate surface area is 299 Å². The van der Waals surface area contributed by atoms with Crippen LogP contribution in [0.1, 0.15) is 32.1 Å². The Morgan fingerprint density at radius 1 is 0.471 bits per heavy atom. The molecular formula is C37H52O14. The second kappa shape index (κ2) is 25.3. The Hall–Kier alpha value is -3.66. The summed E-state index contributed by atoms with van der Waals surface area (Å²) in [4.78, 5) is 25.1. The summed E-state index contributed by atoms with van der Waals surface area (Å²) in [6.45, 7) is 5.38. The van der Waals surface area contributed by atoms with E-state index < -0.39 is 12.2 Å². The number of benzene rings is 2. The number of unbranched alkanes of at least 4 members (excludes halogenated alkanes) is 2. The second-order valence-electron chi connectivity index (χ2n) is 11.6. The van der Waals surface area contributed by atoms with Crippen molar-refractivity contribution in [1.82, 2.24) is 0 Å². The molecule has 0 aromatic heterocycles. The first-order chi connectivity index (χ1) is 25.2. The summed E-state index contributed by atoms with van der Waals surface area (Å²) >= 11 is 0. The molecule has 0 spiro atoms. The Balaban J connectivity index is 1.15. The standard InChI is InChI=1S/C37H52O14/c38-36(48-28-30-26-44-20-18-40-14-16-42-22-24-46-32-8-4-6-10-34(32)50-30)12-2-1-3-13-37(39)49-29-31-27-45-21-19-41-15-17-43-23-25-47-33-9-5-7-11-35(33)51-31/h4-11,30-31H,1-3,12-29H2. The summed E-state index contributed by atoms with van der Waals surface area (Å²) in [6, 6.07) is 14.6. The minimum Gasteiger partial charge on any atom is -0.487 e.